The van der Waals surface area contributed by atoms with Crippen molar-refractivity contribution in [3.05, 3.63) is 98.5 Å². The minimum Gasteiger partial charge on any atom is -0.508 e. The number of pyridine rings is 1. The molecule has 0 spiro atoms. The van der Waals surface area contributed by atoms with Crippen molar-refractivity contribution in [1.29, 1.82) is 0 Å². The summed E-state index contributed by atoms with van der Waals surface area (Å²) in [4.78, 5) is 32.6. The summed E-state index contributed by atoms with van der Waals surface area (Å²) >= 11 is 6.08. The molecule has 1 aliphatic heterocycles. The van der Waals surface area contributed by atoms with E-state index in [1.165, 1.54) is 23.1 Å². The second kappa shape index (κ2) is 6.71. The predicted octanol–water partition coefficient (Wildman–Crippen LogP) is 4.61. The van der Waals surface area contributed by atoms with Crippen molar-refractivity contribution >= 4 is 34.3 Å². The zero-order valence-corrected chi connectivity index (χ0v) is 16.6. The number of anilines is 1. The van der Waals surface area contributed by atoms with Crippen LogP contribution in [0.2, 0.25) is 5.02 Å². The van der Waals surface area contributed by atoms with Gasteiger partial charge in [-0.1, -0.05) is 29.8 Å². The molecule has 7 heteroatoms. The number of rotatable bonds is 2. The SMILES string of the molecule is Cc1ccc(N2C(=O)c3oc4ccc(Cl)cc4c(=O)c3C2c2ccc(O)cc2)nc1. The van der Waals surface area contributed by atoms with Gasteiger partial charge in [-0.2, -0.15) is 0 Å². The van der Waals surface area contributed by atoms with Crippen LogP contribution in [0.5, 0.6) is 5.75 Å². The zero-order valence-electron chi connectivity index (χ0n) is 15.8. The lowest BCUT2D eigenvalue weighted by molar-refractivity contribution is 0.0970. The molecule has 0 aliphatic carbocycles. The highest BCUT2D eigenvalue weighted by molar-refractivity contribution is 6.31. The van der Waals surface area contributed by atoms with E-state index in [-0.39, 0.29) is 22.5 Å². The van der Waals surface area contributed by atoms with E-state index in [1.807, 2.05) is 13.0 Å². The van der Waals surface area contributed by atoms with Crippen LogP contribution in [-0.2, 0) is 0 Å². The van der Waals surface area contributed by atoms with Crippen molar-refractivity contribution in [3.8, 4) is 5.75 Å². The Labute approximate surface area is 176 Å². The number of phenolic OH excluding ortho intramolecular Hbond substituents is 1. The van der Waals surface area contributed by atoms with Gasteiger partial charge in [0, 0.05) is 11.2 Å². The highest BCUT2D eigenvalue weighted by Gasteiger charge is 2.44. The third-order valence-corrected chi connectivity index (χ3v) is 5.42. The first kappa shape index (κ1) is 18.4. The number of benzene rings is 2. The molecule has 0 saturated carbocycles. The minimum absolute atomic E-state index is 0.0183. The molecule has 2 aromatic carbocycles. The molecule has 1 N–H and O–H groups in total. The Bertz CT molecular complexity index is 1360. The lowest BCUT2D eigenvalue weighted by Gasteiger charge is -2.24. The van der Waals surface area contributed by atoms with E-state index in [0.717, 1.165) is 5.56 Å². The number of hydrogen-bond acceptors (Lipinski definition) is 5. The molecule has 0 bridgehead atoms. The highest BCUT2D eigenvalue weighted by atomic mass is 35.5. The first-order chi connectivity index (χ1) is 14.4. The summed E-state index contributed by atoms with van der Waals surface area (Å²) in [5, 5.41) is 10.4. The van der Waals surface area contributed by atoms with E-state index in [1.54, 1.807) is 36.5 Å². The van der Waals surface area contributed by atoms with E-state index < -0.39 is 11.9 Å². The van der Waals surface area contributed by atoms with Crippen LogP contribution >= 0.6 is 11.6 Å². The van der Waals surface area contributed by atoms with E-state index in [9.17, 15) is 14.7 Å². The predicted molar refractivity (Wildman–Crippen MR) is 113 cm³/mol. The van der Waals surface area contributed by atoms with Gasteiger partial charge < -0.3 is 9.52 Å². The molecular weight excluding hydrogens is 404 g/mol. The van der Waals surface area contributed by atoms with Gasteiger partial charge in [0.1, 0.15) is 17.2 Å². The number of halogens is 1. The third-order valence-electron chi connectivity index (χ3n) is 5.18. The monoisotopic (exact) mass is 418 g/mol. The van der Waals surface area contributed by atoms with Crippen LogP contribution in [0.25, 0.3) is 11.0 Å². The Hall–Kier alpha value is -3.64. The number of aryl methyl sites for hydroxylation is 1. The maximum Gasteiger partial charge on any atom is 0.296 e. The molecule has 6 nitrogen and oxygen atoms in total. The maximum atomic E-state index is 13.4. The molecule has 2 aromatic heterocycles. The fraction of sp³-hybridized carbons (Fsp3) is 0.0870. The molecule has 148 valence electrons. The van der Waals surface area contributed by atoms with Gasteiger partial charge in [0.2, 0.25) is 5.76 Å². The molecule has 1 unspecified atom stereocenters. The number of phenols is 1. The molecule has 0 radical (unpaired) electrons. The Morgan fingerprint density at radius 3 is 2.53 bits per heavy atom. The van der Waals surface area contributed by atoms with E-state index in [4.69, 9.17) is 16.0 Å². The Morgan fingerprint density at radius 1 is 1.07 bits per heavy atom. The first-order valence-corrected chi connectivity index (χ1v) is 9.63. The average molecular weight is 419 g/mol. The standard InChI is InChI=1S/C23H15ClN2O4/c1-12-2-9-18(25-11-12)26-20(13-3-6-15(27)7-4-13)19-21(28)16-10-14(24)5-8-17(16)30-22(19)23(26)29/h2-11,20,27H,1H3. The fourth-order valence-electron chi connectivity index (χ4n) is 3.76. The van der Waals surface area contributed by atoms with E-state index in [2.05, 4.69) is 4.98 Å². The molecule has 4 aromatic rings. The maximum absolute atomic E-state index is 13.4. The normalized spacial score (nSPS) is 15.6. The number of amides is 1. The van der Waals surface area contributed by atoms with Crippen LogP contribution in [0.3, 0.4) is 0 Å². The summed E-state index contributed by atoms with van der Waals surface area (Å²) in [5.74, 6) is 0.0147. The number of nitrogens with zero attached hydrogens (tertiary/aromatic N) is 2. The molecule has 1 amide bonds. The average Bonchev–Trinajstić information content (AvgIpc) is 3.03. The second-order valence-corrected chi connectivity index (χ2v) is 7.61. The largest absolute Gasteiger partial charge is 0.508 e. The summed E-state index contributed by atoms with van der Waals surface area (Å²) in [7, 11) is 0. The summed E-state index contributed by atoms with van der Waals surface area (Å²) in [6.45, 7) is 1.90. The van der Waals surface area contributed by atoms with Gasteiger partial charge in [-0.15, -0.1) is 0 Å². The number of aromatic nitrogens is 1. The van der Waals surface area contributed by atoms with Gasteiger partial charge in [-0.05, 0) is 54.4 Å². The van der Waals surface area contributed by atoms with Crippen molar-refractivity contribution < 1.29 is 14.3 Å². The van der Waals surface area contributed by atoms with Crippen molar-refractivity contribution in [1.82, 2.24) is 4.98 Å². The topological polar surface area (TPSA) is 83.6 Å². The lowest BCUT2D eigenvalue weighted by Crippen LogP contribution is -2.30. The molecule has 5 rings (SSSR count). The third kappa shape index (κ3) is 2.76. The Morgan fingerprint density at radius 2 is 1.83 bits per heavy atom. The smallest absolute Gasteiger partial charge is 0.296 e. The molecule has 0 fully saturated rings. The molecule has 30 heavy (non-hydrogen) atoms. The van der Waals surface area contributed by atoms with Crippen LogP contribution in [0.4, 0.5) is 5.82 Å². The van der Waals surface area contributed by atoms with Gasteiger partial charge in [0.05, 0.1) is 17.0 Å². The molecule has 1 aliphatic rings. The number of carbonyl (C=O) groups excluding carboxylic acids is 1. The van der Waals surface area contributed by atoms with Crippen LogP contribution in [0.1, 0.15) is 33.3 Å². The summed E-state index contributed by atoms with van der Waals surface area (Å²) in [6, 6.07) is 13.9. The minimum atomic E-state index is -0.747. The van der Waals surface area contributed by atoms with Crippen molar-refractivity contribution in [2.24, 2.45) is 0 Å². The fourth-order valence-corrected chi connectivity index (χ4v) is 3.93. The summed E-state index contributed by atoms with van der Waals surface area (Å²) in [6.07, 6.45) is 1.66. The summed E-state index contributed by atoms with van der Waals surface area (Å²) < 4.78 is 5.88. The Balaban J connectivity index is 1.81. The highest BCUT2D eigenvalue weighted by Crippen LogP contribution is 2.41. The van der Waals surface area contributed by atoms with Crippen molar-refractivity contribution in [2.45, 2.75) is 13.0 Å². The van der Waals surface area contributed by atoms with Crippen LogP contribution in [-0.4, -0.2) is 16.0 Å². The van der Waals surface area contributed by atoms with Gasteiger partial charge in [0.25, 0.3) is 5.91 Å². The summed E-state index contributed by atoms with van der Waals surface area (Å²) in [5.41, 5.74) is 1.78. The molecular formula is C23H15ClN2O4. The van der Waals surface area contributed by atoms with Crippen molar-refractivity contribution in [3.63, 3.8) is 0 Å². The van der Waals surface area contributed by atoms with Crippen molar-refractivity contribution in [2.75, 3.05) is 4.90 Å². The second-order valence-electron chi connectivity index (χ2n) is 7.18. The molecule has 1 atom stereocenters. The zero-order chi connectivity index (χ0) is 21.0. The number of carbonyl (C=O) groups is 1. The van der Waals surface area contributed by atoms with E-state index >= 15 is 0 Å². The van der Waals surface area contributed by atoms with Gasteiger partial charge in [-0.25, -0.2) is 4.98 Å². The molecule has 3 heterocycles. The number of fused-ring (bicyclic) bond motifs is 2. The first-order valence-electron chi connectivity index (χ1n) is 9.25. The Kier molecular flexibility index (Phi) is 4.11. The lowest BCUT2D eigenvalue weighted by atomic mass is 9.98. The van der Waals surface area contributed by atoms with Crippen LogP contribution in [0.15, 0.2) is 70.0 Å². The van der Waals surface area contributed by atoms with Crippen LogP contribution in [0, 0.1) is 6.92 Å². The quantitative estimate of drug-likeness (QED) is 0.514. The number of hydrogen-bond donors (Lipinski definition) is 1. The molecule has 0 saturated heterocycles. The van der Waals surface area contributed by atoms with Gasteiger partial charge in [0.15, 0.2) is 5.43 Å². The van der Waals surface area contributed by atoms with Gasteiger partial charge in [-0.3, -0.25) is 14.5 Å². The number of aromatic hydroxyl groups is 1. The van der Waals surface area contributed by atoms with Gasteiger partial charge >= 0.3 is 0 Å². The van der Waals surface area contributed by atoms with E-state index in [0.29, 0.717) is 27.4 Å². The van der Waals surface area contributed by atoms with Crippen LogP contribution < -0.4 is 10.3 Å².